The maximum atomic E-state index is 13.3. The Kier molecular flexibility index (Phi) is 14.0. The van der Waals surface area contributed by atoms with Crippen LogP contribution >= 0.6 is 12.6 Å². The number of phenols is 1. The van der Waals surface area contributed by atoms with Crippen molar-refractivity contribution < 1.29 is 29.4 Å². The molecule has 14 heteroatoms. The number of carbonyl (C=O) groups excluding carboxylic acids is 3. The molecule has 0 bridgehead atoms. The van der Waals surface area contributed by atoms with Gasteiger partial charge in [-0.05, 0) is 36.5 Å². The summed E-state index contributed by atoms with van der Waals surface area (Å²) in [7, 11) is 0. The van der Waals surface area contributed by atoms with Crippen molar-refractivity contribution in [3.8, 4) is 5.75 Å². The van der Waals surface area contributed by atoms with Crippen LogP contribution in [0.25, 0.3) is 0 Å². The van der Waals surface area contributed by atoms with Crippen LogP contribution in [-0.4, -0.2) is 76.3 Å². The molecule has 5 atom stereocenters. The van der Waals surface area contributed by atoms with E-state index in [1.54, 1.807) is 26.0 Å². The molecule has 3 amide bonds. The summed E-state index contributed by atoms with van der Waals surface area (Å²) in [5.41, 5.74) is 17.1. The first kappa shape index (κ1) is 32.5. The number of aliphatic carboxylic acids is 1. The second kappa shape index (κ2) is 16.3. The number of rotatable bonds is 16. The number of thiol groups is 1. The molecule has 0 radical (unpaired) electrons. The summed E-state index contributed by atoms with van der Waals surface area (Å²) in [6.45, 7) is 3.67. The SMILES string of the molecule is CCC(C)C(NC(=O)C(CCCN=C(N)N)NC(=O)C(Cc1ccc(O)cc1)NC(=O)C(N)CS)C(=O)O. The number of carboxylic acid groups (broad SMARTS) is 1. The highest BCUT2D eigenvalue weighted by molar-refractivity contribution is 7.80. The van der Waals surface area contributed by atoms with Crippen LogP contribution in [0, 0.1) is 5.92 Å². The summed E-state index contributed by atoms with van der Waals surface area (Å²) >= 11 is 4.01. The van der Waals surface area contributed by atoms with Crippen LogP contribution in [0.4, 0.5) is 0 Å². The first-order valence-electron chi connectivity index (χ1n) is 12.2. The number of nitrogens with one attached hydrogen (secondary N) is 3. The van der Waals surface area contributed by atoms with Crippen LogP contribution in [0.2, 0.25) is 0 Å². The third-order valence-electron chi connectivity index (χ3n) is 5.90. The van der Waals surface area contributed by atoms with Gasteiger partial charge < -0.3 is 43.4 Å². The van der Waals surface area contributed by atoms with E-state index in [9.17, 15) is 29.4 Å². The Morgan fingerprint density at radius 3 is 2.11 bits per heavy atom. The second-order valence-electron chi connectivity index (χ2n) is 8.94. The Balaban J connectivity index is 3.17. The Morgan fingerprint density at radius 2 is 1.58 bits per heavy atom. The van der Waals surface area contributed by atoms with Crippen LogP contribution in [-0.2, 0) is 25.6 Å². The van der Waals surface area contributed by atoms with E-state index < -0.39 is 47.9 Å². The summed E-state index contributed by atoms with van der Waals surface area (Å²) in [6.07, 6.45) is 0.934. The lowest BCUT2D eigenvalue weighted by Crippen LogP contribution is -2.58. The lowest BCUT2D eigenvalue weighted by atomic mass is 9.98. The molecule has 0 aliphatic carbocycles. The average Bonchev–Trinajstić information content (AvgIpc) is 2.88. The molecule has 0 fully saturated rings. The van der Waals surface area contributed by atoms with Gasteiger partial charge in [-0.15, -0.1) is 0 Å². The fourth-order valence-corrected chi connectivity index (χ4v) is 3.59. The maximum absolute atomic E-state index is 13.3. The van der Waals surface area contributed by atoms with Crippen LogP contribution in [0.1, 0.15) is 38.7 Å². The standard InChI is InChI=1S/C24H39N7O6S/c1-3-13(2)19(23(36)37)31-21(34)17(5-4-10-28-24(26)27)29-22(35)18(30-20(33)16(25)12-38)11-14-6-8-15(32)9-7-14/h6-9,13,16-19,32,38H,3-5,10-12,25H2,1-2H3,(H,29,35)(H,30,33)(H,31,34)(H,36,37)(H4,26,27,28). The normalized spacial score (nSPS) is 14.7. The third kappa shape index (κ3) is 11.3. The molecule has 0 aliphatic rings. The molecule has 1 rings (SSSR count). The second-order valence-corrected chi connectivity index (χ2v) is 9.31. The quantitative estimate of drug-likeness (QED) is 0.0518. The van der Waals surface area contributed by atoms with Crippen molar-refractivity contribution in [1.29, 1.82) is 0 Å². The largest absolute Gasteiger partial charge is 0.508 e. The highest BCUT2D eigenvalue weighted by atomic mass is 32.1. The number of hydrogen-bond donors (Lipinski definition) is 9. The minimum Gasteiger partial charge on any atom is -0.508 e. The summed E-state index contributed by atoms with van der Waals surface area (Å²) < 4.78 is 0. The molecule has 38 heavy (non-hydrogen) atoms. The molecule has 212 valence electrons. The third-order valence-corrected chi connectivity index (χ3v) is 6.29. The van der Waals surface area contributed by atoms with Gasteiger partial charge in [0.2, 0.25) is 17.7 Å². The molecule has 1 aromatic rings. The Morgan fingerprint density at radius 1 is 1.00 bits per heavy atom. The fourth-order valence-electron chi connectivity index (χ4n) is 3.42. The number of guanidine groups is 1. The molecule has 0 heterocycles. The number of aromatic hydroxyl groups is 1. The zero-order chi connectivity index (χ0) is 28.8. The summed E-state index contributed by atoms with van der Waals surface area (Å²) in [6, 6.07) is 1.64. The number of nitrogens with zero attached hydrogens (tertiary/aromatic N) is 1. The molecule has 13 nitrogen and oxygen atoms in total. The van der Waals surface area contributed by atoms with E-state index in [1.165, 1.54) is 12.1 Å². The maximum Gasteiger partial charge on any atom is 0.326 e. The van der Waals surface area contributed by atoms with Gasteiger partial charge in [0.1, 0.15) is 23.9 Å². The average molecular weight is 554 g/mol. The van der Waals surface area contributed by atoms with Crippen LogP contribution < -0.4 is 33.2 Å². The van der Waals surface area contributed by atoms with Crippen molar-refractivity contribution in [3.63, 3.8) is 0 Å². The fraction of sp³-hybridized carbons (Fsp3) is 0.542. The van der Waals surface area contributed by atoms with E-state index in [2.05, 4.69) is 33.6 Å². The predicted octanol–water partition coefficient (Wildman–Crippen LogP) is -1.17. The van der Waals surface area contributed by atoms with E-state index in [4.69, 9.17) is 17.2 Å². The lowest BCUT2D eigenvalue weighted by molar-refractivity contribution is -0.144. The zero-order valence-corrected chi connectivity index (χ0v) is 22.5. The van der Waals surface area contributed by atoms with Gasteiger partial charge in [-0.25, -0.2) is 4.79 Å². The number of phenolic OH excluding ortho intramolecular Hbond substituents is 1. The summed E-state index contributed by atoms with van der Waals surface area (Å²) in [5, 5.41) is 26.8. The number of aliphatic imine (C=N–C) groups is 1. The van der Waals surface area contributed by atoms with Gasteiger partial charge in [0, 0.05) is 18.7 Å². The van der Waals surface area contributed by atoms with Crippen molar-refractivity contribution in [1.82, 2.24) is 16.0 Å². The lowest BCUT2D eigenvalue weighted by Gasteiger charge is -2.26. The molecule has 5 unspecified atom stereocenters. The van der Waals surface area contributed by atoms with E-state index >= 15 is 0 Å². The summed E-state index contributed by atoms with van der Waals surface area (Å²) in [5.74, 6) is -3.61. The highest BCUT2D eigenvalue weighted by Gasteiger charge is 2.31. The molecular weight excluding hydrogens is 514 g/mol. The number of hydrogen-bond acceptors (Lipinski definition) is 8. The molecule has 0 aromatic heterocycles. The topological polar surface area (TPSA) is 235 Å². The molecule has 11 N–H and O–H groups in total. The zero-order valence-electron chi connectivity index (χ0n) is 21.6. The number of carboxylic acids is 1. The Bertz CT molecular complexity index is 972. The smallest absolute Gasteiger partial charge is 0.326 e. The molecule has 0 saturated heterocycles. The Hall–Kier alpha value is -3.52. The van der Waals surface area contributed by atoms with Gasteiger partial charge in [-0.2, -0.15) is 12.6 Å². The van der Waals surface area contributed by atoms with Gasteiger partial charge in [-0.3, -0.25) is 19.4 Å². The predicted molar refractivity (Wildman–Crippen MR) is 146 cm³/mol. The molecule has 0 saturated carbocycles. The van der Waals surface area contributed by atoms with E-state index in [0.717, 1.165) is 0 Å². The van der Waals surface area contributed by atoms with Crippen molar-refractivity contribution >= 4 is 42.3 Å². The van der Waals surface area contributed by atoms with Crippen molar-refractivity contribution in [2.45, 2.75) is 63.7 Å². The van der Waals surface area contributed by atoms with Crippen molar-refractivity contribution in [2.75, 3.05) is 12.3 Å². The minimum absolute atomic E-state index is 0.0303. The van der Waals surface area contributed by atoms with Crippen LogP contribution in [0.5, 0.6) is 5.75 Å². The van der Waals surface area contributed by atoms with E-state index in [0.29, 0.717) is 18.4 Å². The first-order chi connectivity index (χ1) is 17.9. The Labute approximate surface area is 227 Å². The monoisotopic (exact) mass is 553 g/mol. The molecular formula is C24H39N7O6S. The van der Waals surface area contributed by atoms with Crippen molar-refractivity contribution in [3.05, 3.63) is 29.8 Å². The van der Waals surface area contributed by atoms with Crippen LogP contribution in [0.3, 0.4) is 0 Å². The van der Waals surface area contributed by atoms with Gasteiger partial charge in [0.25, 0.3) is 0 Å². The number of carbonyl (C=O) groups is 4. The molecule has 0 spiro atoms. The number of nitrogens with two attached hydrogens (primary N) is 3. The number of amides is 3. The minimum atomic E-state index is -1.20. The first-order valence-corrected chi connectivity index (χ1v) is 12.9. The van der Waals surface area contributed by atoms with E-state index in [-0.39, 0.29) is 42.8 Å². The van der Waals surface area contributed by atoms with Crippen molar-refractivity contribution in [2.24, 2.45) is 28.1 Å². The van der Waals surface area contributed by atoms with Gasteiger partial charge >= 0.3 is 5.97 Å². The van der Waals surface area contributed by atoms with Gasteiger partial charge in [0.15, 0.2) is 5.96 Å². The highest BCUT2D eigenvalue weighted by Crippen LogP contribution is 2.13. The molecule has 0 aliphatic heterocycles. The van der Waals surface area contributed by atoms with Gasteiger partial charge in [-0.1, -0.05) is 32.4 Å². The molecule has 1 aromatic carbocycles. The van der Waals surface area contributed by atoms with Gasteiger partial charge in [0.05, 0.1) is 6.04 Å². The number of benzene rings is 1. The van der Waals surface area contributed by atoms with Crippen LogP contribution in [0.15, 0.2) is 29.3 Å². The summed E-state index contributed by atoms with van der Waals surface area (Å²) in [4.78, 5) is 54.5. The van der Waals surface area contributed by atoms with E-state index in [1.807, 2.05) is 0 Å².